The van der Waals surface area contributed by atoms with Crippen LogP contribution in [0.2, 0.25) is 0 Å². The molecule has 0 saturated carbocycles. The SMILES string of the molecule is CCC(Nc1ccc(C)cc1OC)c1ccccc1F. The van der Waals surface area contributed by atoms with Gasteiger partial charge >= 0.3 is 0 Å². The molecule has 2 aromatic rings. The number of anilines is 1. The fourth-order valence-corrected chi connectivity index (χ4v) is 2.26. The van der Waals surface area contributed by atoms with Gasteiger partial charge in [0.15, 0.2) is 0 Å². The fourth-order valence-electron chi connectivity index (χ4n) is 2.26. The van der Waals surface area contributed by atoms with E-state index < -0.39 is 0 Å². The molecule has 0 amide bonds. The van der Waals surface area contributed by atoms with Crippen LogP contribution in [0.5, 0.6) is 5.75 Å². The number of methoxy groups -OCH3 is 1. The Morgan fingerprint density at radius 1 is 1.20 bits per heavy atom. The van der Waals surface area contributed by atoms with Crippen LogP contribution in [0.25, 0.3) is 0 Å². The lowest BCUT2D eigenvalue weighted by Gasteiger charge is -2.21. The highest BCUT2D eigenvalue weighted by Gasteiger charge is 2.15. The van der Waals surface area contributed by atoms with E-state index in [-0.39, 0.29) is 11.9 Å². The van der Waals surface area contributed by atoms with Gasteiger partial charge < -0.3 is 10.1 Å². The first kappa shape index (κ1) is 14.4. The van der Waals surface area contributed by atoms with Crippen molar-refractivity contribution < 1.29 is 9.13 Å². The van der Waals surface area contributed by atoms with Gasteiger partial charge in [-0.3, -0.25) is 0 Å². The third-order valence-electron chi connectivity index (χ3n) is 3.38. The number of rotatable bonds is 5. The summed E-state index contributed by atoms with van der Waals surface area (Å²) in [6, 6.07) is 12.7. The molecular weight excluding hydrogens is 253 g/mol. The zero-order valence-corrected chi connectivity index (χ0v) is 12.1. The van der Waals surface area contributed by atoms with Crippen molar-refractivity contribution in [1.82, 2.24) is 0 Å². The molecule has 1 atom stereocenters. The van der Waals surface area contributed by atoms with E-state index in [0.717, 1.165) is 23.4 Å². The van der Waals surface area contributed by atoms with Gasteiger partial charge in [0.05, 0.1) is 18.8 Å². The average molecular weight is 273 g/mol. The number of halogens is 1. The monoisotopic (exact) mass is 273 g/mol. The van der Waals surface area contributed by atoms with Gasteiger partial charge in [0.25, 0.3) is 0 Å². The van der Waals surface area contributed by atoms with Crippen molar-refractivity contribution >= 4 is 5.69 Å². The number of aryl methyl sites for hydroxylation is 1. The molecule has 20 heavy (non-hydrogen) atoms. The quantitative estimate of drug-likeness (QED) is 0.852. The van der Waals surface area contributed by atoms with E-state index in [0.29, 0.717) is 5.56 Å². The van der Waals surface area contributed by atoms with Crippen LogP contribution in [0.4, 0.5) is 10.1 Å². The minimum Gasteiger partial charge on any atom is -0.495 e. The molecule has 3 heteroatoms. The van der Waals surface area contributed by atoms with Crippen LogP contribution in [0, 0.1) is 12.7 Å². The number of benzene rings is 2. The van der Waals surface area contributed by atoms with Crippen molar-refractivity contribution in [2.75, 3.05) is 12.4 Å². The summed E-state index contributed by atoms with van der Waals surface area (Å²) < 4.78 is 19.3. The Kier molecular flexibility index (Phi) is 4.61. The van der Waals surface area contributed by atoms with Crippen LogP contribution in [0.15, 0.2) is 42.5 Å². The summed E-state index contributed by atoms with van der Waals surface area (Å²) in [6.07, 6.45) is 0.790. The molecule has 0 aromatic heterocycles. The Labute approximate surface area is 119 Å². The van der Waals surface area contributed by atoms with Gasteiger partial charge in [-0.05, 0) is 37.1 Å². The molecule has 2 aromatic carbocycles. The van der Waals surface area contributed by atoms with Crippen LogP contribution in [0.1, 0.15) is 30.5 Å². The molecule has 0 spiro atoms. The molecule has 0 saturated heterocycles. The Morgan fingerprint density at radius 3 is 2.60 bits per heavy atom. The van der Waals surface area contributed by atoms with Crippen molar-refractivity contribution in [2.24, 2.45) is 0 Å². The number of hydrogen-bond acceptors (Lipinski definition) is 2. The molecule has 1 unspecified atom stereocenters. The number of nitrogens with one attached hydrogen (secondary N) is 1. The smallest absolute Gasteiger partial charge is 0.142 e. The third-order valence-corrected chi connectivity index (χ3v) is 3.38. The lowest BCUT2D eigenvalue weighted by Crippen LogP contribution is -2.12. The first-order valence-electron chi connectivity index (χ1n) is 6.81. The van der Waals surface area contributed by atoms with Crippen LogP contribution in [-0.4, -0.2) is 7.11 Å². The van der Waals surface area contributed by atoms with Crippen LogP contribution >= 0.6 is 0 Å². The van der Waals surface area contributed by atoms with E-state index in [9.17, 15) is 4.39 Å². The van der Waals surface area contributed by atoms with E-state index in [1.807, 2.05) is 44.2 Å². The zero-order valence-electron chi connectivity index (χ0n) is 12.1. The van der Waals surface area contributed by atoms with Gasteiger partial charge in [-0.25, -0.2) is 4.39 Å². The lowest BCUT2D eigenvalue weighted by molar-refractivity contribution is 0.415. The molecule has 1 N–H and O–H groups in total. The molecule has 0 heterocycles. The molecule has 2 nitrogen and oxygen atoms in total. The molecule has 0 bridgehead atoms. The summed E-state index contributed by atoms with van der Waals surface area (Å²) in [7, 11) is 1.64. The number of hydrogen-bond donors (Lipinski definition) is 1. The van der Waals surface area contributed by atoms with Gasteiger partial charge in [0.2, 0.25) is 0 Å². The zero-order chi connectivity index (χ0) is 14.5. The van der Waals surface area contributed by atoms with Crippen LogP contribution in [-0.2, 0) is 0 Å². The van der Waals surface area contributed by atoms with Crippen molar-refractivity contribution in [3.63, 3.8) is 0 Å². The highest BCUT2D eigenvalue weighted by atomic mass is 19.1. The molecule has 0 aliphatic rings. The van der Waals surface area contributed by atoms with Crippen molar-refractivity contribution in [1.29, 1.82) is 0 Å². The molecule has 106 valence electrons. The second-order valence-corrected chi connectivity index (χ2v) is 4.83. The third kappa shape index (κ3) is 3.10. The molecule has 0 fully saturated rings. The highest BCUT2D eigenvalue weighted by molar-refractivity contribution is 5.58. The first-order valence-corrected chi connectivity index (χ1v) is 6.81. The molecule has 0 radical (unpaired) electrons. The maximum atomic E-state index is 13.9. The first-order chi connectivity index (χ1) is 9.65. The molecular formula is C17H20FNO. The average Bonchev–Trinajstić information content (AvgIpc) is 2.47. The van der Waals surface area contributed by atoms with Crippen LogP contribution in [0.3, 0.4) is 0 Å². The Bertz CT molecular complexity index is 583. The fraction of sp³-hybridized carbons (Fsp3) is 0.294. The summed E-state index contributed by atoms with van der Waals surface area (Å²) >= 11 is 0. The summed E-state index contributed by atoms with van der Waals surface area (Å²) in [4.78, 5) is 0. The van der Waals surface area contributed by atoms with Gasteiger partial charge in [-0.15, -0.1) is 0 Å². The largest absolute Gasteiger partial charge is 0.495 e. The van der Waals surface area contributed by atoms with Crippen LogP contribution < -0.4 is 10.1 Å². The van der Waals surface area contributed by atoms with Crippen molar-refractivity contribution in [3.8, 4) is 5.75 Å². The van der Waals surface area contributed by atoms with Gasteiger partial charge in [-0.2, -0.15) is 0 Å². The van der Waals surface area contributed by atoms with E-state index in [2.05, 4.69) is 5.32 Å². The van der Waals surface area contributed by atoms with Gasteiger partial charge in [0.1, 0.15) is 11.6 Å². The van der Waals surface area contributed by atoms with E-state index in [1.165, 1.54) is 6.07 Å². The van der Waals surface area contributed by atoms with Gasteiger partial charge in [-0.1, -0.05) is 31.2 Å². The number of ether oxygens (including phenoxy) is 1. The summed E-state index contributed by atoms with van der Waals surface area (Å²) in [5, 5.41) is 3.37. The van der Waals surface area contributed by atoms with Crippen molar-refractivity contribution in [2.45, 2.75) is 26.3 Å². The lowest BCUT2D eigenvalue weighted by atomic mass is 10.0. The summed E-state index contributed by atoms with van der Waals surface area (Å²) in [6.45, 7) is 4.05. The molecule has 0 aliphatic heterocycles. The van der Waals surface area contributed by atoms with E-state index in [1.54, 1.807) is 13.2 Å². The maximum Gasteiger partial charge on any atom is 0.142 e. The summed E-state index contributed by atoms with van der Waals surface area (Å²) in [5.41, 5.74) is 2.69. The maximum absolute atomic E-state index is 13.9. The highest BCUT2D eigenvalue weighted by Crippen LogP contribution is 2.31. The van der Waals surface area contributed by atoms with Gasteiger partial charge in [0, 0.05) is 5.56 Å². The standard InChI is InChI=1S/C17H20FNO/c1-4-15(13-7-5-6-8-14(13)18)19-16-10-9-12(2)11-17(16)20-3/h5-11,15,19H,4H2,1-3H3. The second kappa shape index (κ2) is 6.42. The Hall–Kier alpha value is -2.03. The second-order valence-electron chi connectivity index (χ2n) is 4.83. The van der Waals surface area contributed by atoms with Crippen molar-refractivity contribution in [3.05, 3.63) is 59.4 Å². The molecule has 2 rings (SSSR count). The minimum atomic E-state index is -0.182. The van der Waals surface area contributed by atoms with E-state index in [4.69, 9.17) is 4.74 Å². The Balaban J connectivity index is 2.29. The minimum absolute atomic E-state index is 0.0761. The Morgan fingerprint density at radius 2 is 1.95 bits per heavy atom. The molecule has 0 aliphatic carbocycles. The normalized spacial score (nSPS) is 12.0. The predicted octanol–water partition coefficient (Wildman–Crippen LogP) is 4.71. The summed E-state index contributed by atoms with van der Waals surface area (Å²) in [5.74, 6) is 0.595. The van der Waals surface area contributed by atoms with E-state index >= 15 is 0 Å². The topological polar surface area (TPSA) is 21.3 Å². The predicted molar refractivity (Wildman–Crippen MR) is 80.8 cm³/mol.